The van der Waals surface area contributed by atoms with E-state index < -0.39 is 0 Å². The molecule has 0 aliphatic rings. The first-order valence-corrected chi connectivity index (χ1v) is 8.24. The van der Waals surface area contributed by atoms with Gasteiger partial charge in [0.25, 0.3) is 0 Å². The Morgan fingerprint density at radius 3 is 2.48 bits per heavy atom. The lowest BCUT2D eigenvalue weighted by atomic mass is 10.2. The molecule has 0 heterocycles. The average molecular weight is 348 g/mol. The number of ether oxygens (including phenoxy) is 1. The van der Waals surface area contributed by atoms with Crippen LogP contribution in [0.4, 0.5) is 0 Å². The molecule has 1 N–H and O–H groups in total. The van der Waals surface area contributed by atoms with Crippen LogP contribution in [0, 0.1) is 0 Å². The molecule has 2 rings (SSSR count). The van der Waals surface area contributed by atoms with Crippen LogP contribution in [0.25, 0.3) is 0 Å². The second-order valence-corrected chi connectivity index (χ2v) is 5.90. The van der Waals surface area contributed by atoms with Crippen molar-refractivity contribution in [2.24, 2.45) is 0 Å². The van der Waals surface area contributed by atoms with Crippen molar-refractivity contribution in [1.82, 2.24) is 5.32 Å². The van der Waals surface area contributed by atoms with Gasteiger partial charge in [0.05, 0.1) is 6.61 Å². The number of hydrogen-bond donors (Lipinski definition) is 1. The van der Waals surface area contributed by atoms with E-state index in [1.807, 2.05) is 18.2 Å². The molecule has 0 saturated heterocycles. The first kappa shape index (κ1) is 16.1. The number of benzene rings is 2. The first-order valence-electron chi connectivity index (χ1n) is 7.45. The first-order chi connectivity index (χ1) is 10.3. The molecule has 3 heteroatoms. The molecule has 0 atom stereocenters. The van der Waals surface area contributed by atoms with Crippen LogP contribution >= 0.6 is 15.9 Å². The fourth-order valence-corrected chi connectivity index (χ4v) is 2.45. The van der Waals surface area contributed by atoms with E-state index in [4.69, 9.17) is 4.74 Å². The van der Waals surface area contributed by atoms with Gasteiger partial charge in [0.1, 0.15) is 5.75 Å². The van der Waals surface area contributed by atoms with Gasteiger partial charge in [-0.3, -0.25) is 0 Å². The minimum absolute atomic E-state index is 0.802. The summed E-state index contributed by atoms with van der Waals surface area (Å²) in [6.45, 7) is 4.69. The van der Waals surface area contributed by atoms with Gasteiger partial charge in [-0.15, -0.1) is 0 Å². The van der Waals surface area contributed by atoms with Crippen LogP contribution in [0.3, 0.4) is 0 Å². The van der Waals surface area contributed by atoms with Crippen molar-refractivity contribution in [3.05, 3.63) is 64.1 Å². The Hall–Kier alpha value is -1.32. The van der Waals surface area contributed by atoms with E-state index in [-0.39, 0.29) is 0 Å². The smallest absolute Gasteiger partial charge is 0.119 e. The van der Waals surface area contributed by atoms with E-state index in [0.29, 0.717) is 0 Å². The van der Waals surface area contributed by atoms with Crippen molar-refractivity contribution < 1.29 is 4.74 Å². The Morgan fingerprint density at radius 1 is 1.00 bits per heavy atom. The maximum atomic E-state index is 5.66. The maximum Gasteiger partial charge on any atom is 0.119 e. The van der Waals surface area contributed by atoms with E-state index >= 15 is 0 Å². The standard InChI is InChI=1S/C18H22BrNO/c1-2-3-12-21-17-10-8-15(9-11-17)13-20-14-16-6-4-5-7-18(16)19/h4-11,20H,2-3,12-14H2,1H3. The quantitative estimate of drug-likeness (QED) is 0.684. The van der Waals surface area contributed by atoms with Crippen LogP contribution in [-0.2, 0) is 13.1 Å². The number of rotatable bonds is 8. The highest BCUT2D eigenvalue weighted by Gasteiger charge is 1.99. The summed E-state index contributed by atoms with van der Waals surface area (Å²) in [5, 5.41) is 3.46. The molecule has 0 aliphatic heterocycles. The lowest BCUT2D eigenvalue weighted by molar-refractivity contribution is 0.309. The largest absolute Gasteiger partial charge is 0.494 e. The van der Waals surface area contributed by atoms with Crippen molar-refractivity contribution in [2.45, 2.75) is 32.9 Å². The minimum atomic E-state index is 0.802. The van der Waals surface area contributed by atoms with Crippen molar-refractivity contribution in [3.8, 4) is 5.75 Å². The highest BCUT2D eigenvalue weighted by molar-refractivity contribution is 9.10. The fourth-order valence-electron chi connectivity index (χ4n) is 2.02. The van der Waals surface area contributed by atoms with Gasteiger partial charge in [-0.1, -0.05) is 59.6 Å². The van der Waals surface area contributed by atoms with Crippen LogP contribution in [0.2, 0.25) is 0 Å². The van der Waals surface area contributed by atoms with E-state index in [1.165, 1.54) is 11.1 Å². The molecule has 21 heavy (non-hydrogen) atoms. The molecule has 2 aromatic carbocycles. The molecule has 0 aliphatic carbocycles. The van der Waals surface area contributed by atoms with Gasteiger partial charge in [0.15, 0.2) is 0 Å². The molecule has 0 spiro atoms. The third-order valence-corrected chi connectivity index (χ3v) is 4.07. The Balaban J connectivity index is 1.77. The van der Waals surface area contributed by atoms with E-state index in [0.717, 1.165) is 42.8 Å². The summed E-state index contributed by atoms with van der Waals surface area (Å²) in [6, 6.07) is 16.6. The minimum Gasteiger partial charge on any atom is -0.494 e. The Bertz CT molecular complexity index is 539. The molecule has 0 amide bonds. The zero-order valence-corrected chi connectivity index (χ0v) is 14.0. The molecule has 0 aromatic heterocycles. The van der Waals surface area contributed by atoms with Gasteiger partial charge in [-0.25, -0.2) is 0 Å². The van der Waals surface area contributed by atoms with Crippen molar-refractivity contribution in [1.29, 1.82) is 0 Å². The third kappa shape index (κ3) is 5.52. The molecule has 0 saturated carbocycles. The summed E-state index contributed by atoms with van der Waals surface area (Å²) in [5.41, 5.74) is 2.54. The highest BCUT2D eigenvalue weighted by Crippen LogP contribution is 2.16. The average Bonchev–Trinajstić information content (AvgIpc) is 2.51. The normalized spacial score (nSPS) is 10.6. The lowest BCUT2D eigenvalue weighted by Gasteiger charge is -2.08. The summed E-state index contributed by atoms with van der Waals surface area (Å²) in [7, 11) is 0. The zero-order valence-electron chi connectivity index (χ0n) is 12.4. The number of halogens is 1. The van der Waals surface area contributed by atoms with Gasteiger partial charge in [0, 0.05) is 17.6 Å². The molecular formula is C18H22BrNO. The van der Waals surface area contributed by atoms with Crippen LogP contribution < -0.4 is 10.1 Å². The van der Waals surface area contributed by atoms with Crippen LogP contribution in [0.15, 0.2) is 53.0 Å². The Morgan fingerprint density at radius 2 is 1.76 bits per heavy atom. The van der Waals surface area contributed by atoms with E-state index in [9.17, 15) is 0 Å². The summed E-state index contributed by atoms with van der Waals surface area (Å²) < 4.78 is 6.81. The molecule has 0 fully saturated rings. The third-order valence-electron chi connectivity index (χ3n) is 3.29. The van der Waals surface area contributed by atoms with Crippen molar-refractivity contribution >= 4 is 15.9 Å². The Kier molecular flexibility index (Phi) is 6.77. The lowest BCUT2D eigenvalue weighted by Crippen LogP contribution is -2.12. The molecule has 0 bridgehead atoms. The molecular weight excluding hydrogens is 326 g/mol. The molecule has 2 nitrogen and oxygen atoms in total. The van der Waals surface area contributed by atoms with Crippen LogP contribution in [-0.4, -0.2) is 6.61 Å². The number of nitrogens with one attached hydrogen (secondary N) is 1. The zero-order chi connectivity index (χ0) is 14.9. The monoisotopic (exact) mass is 347 g/mol. The van der Waals surface area contributed by atoms with Crippen molar-refractivity contribution in [2.75, 3.05) is 6.61 Å². The van der Waals surface area contributed by atoms with E-state index in [1.54, 1.807) is 0 Å². The number of hydrogen-bond acceptors (Lipinski definition) is 2. The van der Waals surface area contributed by atoms with Gasteiger partial charge in [-0.05, 0) is 35.7 Å². The second-order valence-electron chi connectivity index (χ2n) is 5.04. The van der Waals surface area contributed by atoms with Gasteiger partial charge in [-0.2, -0.15) is 0 Å². The van der Waals surface area contributed by atoms with Gasteiger partial charge < -0.3 is 10.1 Å². The SMILES string of the molecule is CCCCOc1ccc(CNCc2ccccc2Br)cc1. The molecule has 0 radical (unpaired) electrons. The summed E-state index contributed by atoms with van der Waals surface area (Å²) in [5.74, 6) is 0.956. The topological polar surface area (TPSA) is 21.3 Å². The predicted molar refractivity (Wildman–Crippen MR) is 91.5 cm³/mol. The predicted octanol–water partition coefficient (Wildman–Crippen LogP) is 4.92. The summed E-state index contributed by atoms with van der Waals surface area (Å²) >= 11 is 3.57. The fraction of sp³-hybridized carbons (Fsp3) is 0.333. The van der Waals surface area contributed by atoms with Gasteiger partial charge in [0.2, 0.25) is 0 Å². The Labute approximate surface area is 135 Å². The number of unbranched alkanes of at least 4 members (excludes halogenated alkanes) is 1. The maximum absolute atomic E-state index is 5.66. The summed E-state index contributed by atoms with van der Waals surface area (Å²) in [6.07, 6.45) is 2.27. The van der Waals surface area contributed by atoms with E-state index in [2.05, 4.69) is 58.5 Å². The van der Waals surface area contributed by atoms with Crippen LogP contribution in [0.5, 0.6) is 5.75 Å². The van der Waals surface area contributed by atoms with Gasteiger partial charge >= 0.3 is 0 Å². The summed E-state index contributed by atoms with van der Waals surface area (Å²) in [4.78, 5) is 0. The second kappa shape index (κ2) is 8.85. The molecule has 112 valence electrons. The van der Waals surface area contributed by atoms with Crippen molar-refractivity contribution in [3.63, 3.8) is 0 Å². The van der Waals surface area contributed by atoms with Crippen LogP contribution in [0.1, 0.15) is 30.9 Å². The molecule has 0 unspecified atom stereocenters. The molecule has 2 aromatic rings. The highest BCUT2D eigenvalue weighted by atomic mass is 79.9.